The van der Waals surface area contributed by atoms with Gasteiger partial charge in [-0.1, -0.05) is 50.2 Å². The van der Waals surface area contributed by atoms with Crippen molar-refractivity contribution < 1.29 is 19.4 Å². The van der Waals surface area contributed by atoms with Gasteiger partial charge in [-0.2, -0.15) is 0 Å². The number of rotatable bonds is 10. The van der Waals surface area contributed by atoms with Gasteiger partial charge in [-0.05, 0) is 54.4 Å². The highest BCUT2D eigenvalue weighted by atomic mass is 32.1. The van der Waals surface area contributed by atoms with Crippen LogP contribution in [0.5, 0.6) is 5.75 Å². The number of likely N-dealkylation sites (tertiary alicyclic amines) is 1. The molecule has 1 fully saturated rings. The minimum absolute atomic E-state index is 0.134. The lowest BCUT2D eigenvalue weighted by Gasteiger charge is -2.27. The third kappa shape index (κ3) is 5.47. The number of aliphatic hydroxyl groups is 1. The number of ketones is 1. The third-order valence-electron chi connectivity index (χ3n) is 6.28. The van der Waals surface area contributed by atoms with Crippen LogP contribution in [0.4, 0.5) is 0 Å². The van der Waals surface area contributed by atoms with E-state index in [2.05, 4.69) is 18.7 Å². The van der Waals surface area contributed by atoms with Crippen LogP contribution in [0.25, 0.3) is 5.76 Å². The summed E-state index contributed by atoms with van der Waals surface area (Å²) in [7, 11) is 0. The van der Waals surface area contributed by atoms with Crippen molar-refractivity contribution in [2.45, 2.75) is 26.5 Å². The summed E-state index contributed by atoms with van der Waals surface area (Å²) in [6, 6.07) is 20.0. The number of benzene rings is 2. The van der Waals surface area contributed by atoms with E-state index >= 15 is 0 Å². The Bertz CT molecular complexity index is 1170. The Hall–Kier alpha value is -3.42. The molecule has 2 aromatic carbocycles. The predicted molar refractivity (Wildman–Crippen MR) is 138 cm³/mol. The first-order valence-electron chi connectivity index (χ1n) is 11.8. The fourth-order valence-electron chi connectivity index (χ4n) is 4.25. The van der Waals surface area contributed by atoms with Gasteiger partial charge < -0.3 is 19.6 Å². The van der Waals surface area contributed by atoms with Gasteiger partial charge in [-0.25, -0.2) is 0 Å². The molecule has 1 aliphatic heterocycles. The summed E-state index contributed by atoms with van der Waals surface area (Å²) in [6.07, 6.45) is 0. The largest absolute Gasteiger partial charge is 0.507 e. The molecule has 0 aliphatic carbocycles. The first-order valence-corrected chi connectivity index (χ1v) is 12.7. The van der Waals surface area contributed by atoms with Gasteiger partial charge in [0.05, 0.1) is 11.6 Å². The number of carbonyl (C=O) groups is 2. The van der Waals surface area contributed by atoms with Gasteiger partial charge in [0.25, 0.3) is 11.7 Å². The van der Waals surface area contributed by atoms with Gasteiger partial charge in [-0.3, -0.25) is 9.59 Å². The number of Topliss-reactive ketones (excluding diaryl/α,β-unsaturated/α-hetero) is 1. The Kier molecular flexibility index (Phi) is 8.00. The van der Waals surface area contributed by atoms with Gasteiger partial charge >= 0.3 is 0 Å². The van der Waals surface area contributed by atoms with E-state index in [4.69, 9.17) is 4.74 Å². The molecule has 1 N–H and O–H groups in total. The number of hydrogen-bond donors (Lipinski definition) is 1. The first-order chi connectivity index (χ1) is 17.0. The Morgan fingerprint density at radius 3 is 2.34 bits per heavy atom. The fourth-order valence-corrected chi connectivity index (χ4v) is 5.09. The van der Waals surface area contributed by atoms with Gasteiger partial charge in [0.15, 0.2) is 0 Å². The van der Waals surface area contributed by atoms with Crippen LogP contribution in [0.2, 0.25) is 0 Å². The summed E-state index contributed by atoms with van der Waals surface area (Å²) in [4.78, 5) is 30.8. The molecule has 1 amide bonds. The maximum atomic E-state index is 13.1. The quantitative estimate of drug-likeness (QED) is 0.244. The summed E-state index contributed by atoms with van der Waals surface area (Å²) in [5, 5.41) is 13.1. The molecule has 1 aromatic heterocycles. The number of likely N-dealkylation sites (N-methyl/N-ethyl adjacent to an activating group) is 1. The maximum Gasteiger partial charge on any atom is 0.295 e. The lowest BCUT2D eigenvalue weighted by Crippen LogP contribution is -2.37. The predicted octanol–water partition coefficient (Wildman–Crippen LogP) is 5.09. The monoisotopic (exact) mass is 490 g/mol. The minimum atomic E-state index is -0.648. The average molecular weight is 491 g/mol. The Labute approximate surface area is 210 Å². The van der Waals surface area contributed by atoms with E-state index in [-0.39, 0.29) is 11.3 Å². The Balaban J connectivity index is 1.60. The Morgan fingerprint density at radius 1 is 1.00 bits per heavy atom. The molecule has 0 radical (unpaired) electrons. The van der Waals surface area contributed by atoms with Crippen LogP contribution in [0.3, 0.4) is 0 Å². The van der Waals surface area contributed by atoms with E-state index in [9.17, 15) is 14.7 Å². The van der Waals surface area contributed by atoms with Crippen molar-refractivity contribution in [2.75, 3.05) is 26.2 Å². The Morgan fingerprint density at radius 2 is 1.71 bits per heavy atom. The van der Waals surface area contributed by atoms with Crippen LogP contribution in [0, 0.1) is 0 Å². The highest BCUT2D eigenvalue weighted by molar-refractivity contribution is 7.10. The number of amides is 1. The molecule has 1 aliphatic rings. The molecule has 7 heteroatoms. The molecular weight excluding hydrogens is 460 g/mol. The van der Waals surface area contributed by atoms with E-state index in [0.717, 1.165) is 23.5 Å². The summed E-state index contributed by atoms with van der Waals surface area (Å²) in [5.41, 5.74) is 1.66. The van der Waals surface area contributed by atoms with Crippen LogP contribution in [-0.4, -0.2) is 52.8 Å². The lowest BCUT2D eigenvalue weighted by molar-refractivity contribution is -0.140. The molecule has 6 nitrogen and oxygen atoms in total. The van der Waals surface area contributed by atoms with E-state index in [1.807, 2.05) is 47.8 Å². The summed E-state index contributed by atoms with van der Waals surface area (Å²) in [5.74, 6) is -0.730. The molecule has 1 unspecified atom stereocenters. The van der Waals surface area contributed by atoms with Crippen LogP contribution >= 0.6 is 11.3 Å². The van der Waals surface area contributed by atoms with E-state index < -0.39 is 17.7 Å². The zero-order chi connectivity index (χ0) is 24.8. The molecular formula is C28H30N2O4S. The highest BCUT2D eigenvalue weighted by Gasteiger charge is 2.46. The smallest absolute Gasteiger partial charge is 0.295 e. The molecule has 1 saturated heterocycles. The van der Waals surface area contributed by atoms with Crippen molar-refractivity contribution in [3.05, 3.63) is 93.7 Å². The van der Waals surface area contributed by atoms with Crippen molar-refractivity contribution in [3.8, 4) is 5.75 Å². The standard InChI is InChI=1S/C28H30N2O4S/c1-3-29(4-2)16-17-30-25(23-11-8-18-35-23)24(27(32)28(30)33)26(31)21-12-14-22(15-13-21)34-19-20-9-6-5-7-10-20/h5-15,18,25,31H,3-4,16-17,19H2,1-2H3/b26-24-. The molecule has 1 atom stereocenters. The second-order valence-electron chi connectivity index (χ2n) is 8.33. The highest BCUT2D eigenvalue weighted by Crippen LogP contribution is 2.41. The zero-order valence-corrected chi connectivity index (χ0v) is 20.8. The normalized spacial score (nSPS) is 17.3. The molecule has 0 saturated carbocycles. The second kappa shape index (κ2) is 11.3. The average Bonchev–Trinajstić information content (AvgIpc) is 3.51. The second-order valence-corrected chi connectivity index (χ2v) is 9.31. The van der Waals surface area contributed by atoms with Crippen LogP contribution < -0.4 is 4.74 Å². The van der Waals surface area contributed by atoms with Gasteiger partial charge in [0.2, 0.25) is 0 Å². The van der Waals surface area contributed by atoms with Crippen molar-refractivity contribution in [1.29, 1.82) is 0 Å². The van der Waals surface area contributed by atoms with E-state index in [0.29, 0.717) is 31.0 Å². The molecule has 0 spiro atoms. The number of thiophene rings is 1. The first kappa shape index (κ1) is 24.7. The van der Waals surface area contributed by atoms with E-state index in [1.54, 1.807) is 29.2 Å². The van der Waals surface area contributed by atoms with Crippen molar-refractivity contribution in [1.82, 2.24) is 9.80 Å². The van der Waals surface area contributed by atoms with Crippen molar-refractivity contribution in [3.63, 3.8) is 0 Å². The number of ether oxygens (including phenoxy) is 1. The van der Waals surface area contributed by atoms with Crippen molar-refractivity contribution >= 4 is 28.8 Å². The molecule has 35 heavy (non-hydrogen) atoms. The fraction of sp³-hybridized carbons (Fsp3) is 0.286. The minimum Gasteiger partial charge on any atom is -0.507 e. The number of aliphatic hydroxyl groups excluding tert-OH is 1. The topological polar surface area (TPSA) is 70.1 Å². The third-order valence-corrected chi connectivity index (χ3v) is 7.21. The lowest BCUT2D eigenvalue weighted by atomic mass is 10.00. The van der Waals surface area contributed by atoms with E-state index in [1.165, 1.54) is 11.3 Å². The summed E-state index contributed by atoms with van der Waals surface area (Å²) < 4.78 is 5.83. The zero-order valence-electron chi connectivity index (χ0n) is 20.0. The molecule has 3 aromatic rings. The number of carbonyl (C=O) groups excluding carboxylic acids is 2. The SMILES string of the molecule is CCN(CC)CCN1C(=O)C(=O)/C(=C(\O)c2ccc(OCc3ccccc3)cc2)C1c1cccs1. The molecule has 0 bridgehead atoms. The van der Waals surface area contributed by atoms with Gasteiger partial charge in [0.1, 0.15) is 18.1 Å². The number of nitrogens with zero attached hydrogens (tertiary/aromatic N) is 2. The molecule has 4 rings (SSSR count). The summed E-state index contributed by atoms with van der Waals surface area (Å²) >= 11 is 1.47. The van der Waals surface area contributed by atoms with Crippen molar-refractivity contribution in [2.24, 2.45) is 0 Å². The van der Waals surface area contributed by atoms with Gasteiger partial charge in [0, 0.05) is 23.5 Å². The van der Waals surface area contributed by atoms with Gasteiger partial charge in [-0.15, -0.1) is 11.3 Å². The number of hydrogen-bond acceptors (Lipinski definition) is 6. The molecule has 182 valence electrons. The molecule has 2 heterocycles. The van der Waals surface area contributed by atoms with Crippen LogP contribution in [0.1, 0.15) is 35.9 Å². The summed E-state index contributed by atoms with van der Waals surface area (Å²) in [6.45, 7) is 7.38. The maximum absolute atomic E-state index is 13.1. The van der Waals surface area contributed by atoms with Crippen LogP contribution in [0.15, 0.2) is 77.7 Å². The van der Waals surface area contributed by atoms with Crippen LogP contribution in [-0.2, 0) is 16.2 Å².